The smallest absolute Gasteiger partial charge is 0.241 e. The van der Waals surface area contributed by atoms with Crippen LogP contribution in [0.25, 0.3) is 11.0 Å². The van der Waals surface area contributed by atoms with Crippen LogP contribution in [0.4, 0.5) is 5.69 Å². The zero-order chi connectivity index (χ0) is 17.9. The Balaban J connectivity index is 1.38. The normalized spacial score (nSPS) is 13.7. The fraction of sp³-hybridized carbons (Fsp3) is 0.300. The first kappa shape index (κ1) is 16.6. The van der Waals surface area contributed by atoms with Crippen molar-refractivity contribution in [3.05, 3.63) is 54.9 Å². The van der Waals surface area contributed by atoms with Gasteiger partial charge in [0.1, 0.15) is 12.4 Å². The molecule has 3 aromatic rings. The van der Waals surface area contributed by atoms with Crippen LogP contribution in [-0.2, 0) is 11.3 Å². The summed E-state index contributed by atoms with van der Waals surface area (Å²) >= 11 is 0. The molecule has 1 aliphatic rings. The molecule has 0 atom stereocenters. The van der Waals surface area contributed by atoms with Crippen molar-refractivity contribution in [1.82, 2.24) is 14.5 Å². The predicted molar refractivity (Wildman–Crippen MR) is 102 cm³/mol. The highest BCUT2D eigenvalue weighted by atomic mass is 16.5. The first-order valence-electron chi connectivity index (χ1n) is 8.83. The Morgan fingerprint density at radius 1 is 1.19 bits per heavy atom. The van der Waals surface area contributed by atoms with Gasteiger partial charge in [0.2, 0.25) is 5.91 Å². The van der Waals surface area contributed by atoms with Crippen LogP contribution in [0.3, 0.4) is 0 Å². The van der Waals surface area contributed by atoms with Crippen LogP contribution in [0, 0.1) is 0 Å². The quantitative estimate of drug-likeness (QED) is 0.709. The van der Waals surface area contributed by atoms with Crippen molar-refractivity contribution in [2.75, 3.05) is 38.2 Å². The molecule has 134 valence electrons. The van der Waals surface area contributed by atoms with E-state index in [2.05, 4.69) is 20.5 Å². The molecule has 0 saturated carbocycles. The summed E-state index contributed by atoms with van der Waals surface area (Å²) in [6.07, 6.45) is 1.86. The zero-order valence-electron chi connectivity index (χ0n) is 14.8. The van der Waals surface area contributed by atoms with Crippen molar-refractivity contribution in [3.8, 4) is 5.75 Å². The van der Waals surface area contributed by atoms with E-state index in [1.165, 1.54) is 0 Å². The Bertz CT molecular complexity index is 921. The molecule has 0 aliphatic carbocycles. The van der Waals surface area contributed by atoms with Gasteiger partial charge in [-0.15, -0.1) is 0 Å². The number of fused-ring (bicyclic) bond motifs is 2. The number of hydrogen-bond donors (Lipinski definition) is 0. The number of nitrogens with zero attached hydrogens (tertiary/aromatic N) is 4. The maximum atomic E-state index is 12.8. The minimum Gasteiger partial charge on any atom is -0.490 e. The molecular formula is C20H22N4O2. The van der Waals surface area contributed by atoms with Crippen molar-refractivity contribution in [1.29, 1.82) is 0 Å². The molecule has 2 aromatic carbocycles. The SMILES string of the molecule is CN(CCn1cnc2ccccc21)CC(=O)N1CCOc2ccccc21. The summed E-state index contributed by atoms with van der Waals surface area (Å²) in [7, 11) is 1.98. The molecule has 0 bridgehead atoms. The number of aromatic nitrogens is 2. The van der Waals surface area contributed by atoms with Crippen LogP contribution in [-0.4, -0.2) is 53.6 Å². The van der Waals surface area contributed by atoms with E-state index >= 15 is 0 Å². The van der Waals surface area contributed by atoms with E-state index in [1.807, 2.05) is 60.7 Å². The van der Waals surface area contributed by atoms with Crippen LogP contribution < -0.4 is 9.64 Å². The van der Waals surface area contributed by atoms with E-state index in [4.69, 9.17) is 4.74 Å². The van der Waals surface area contributed by atoms with E-state index in [0.29, 0.717) is 19.7 Å². The summed E-state index contributed by atoms with van der Waals surface area (Å²) in [5.41, 5.74) is 2.98. The number of hydrogen-bond acceptors (Lipinski definition) is 4. The third-order valence-corrected chi connectivity index (χ3v) is 4.68. The minimum absolute atomic E-state index is 0.0961. The van der Waals surface area contributed by atoms with Gasteiger partial charge in [0.25, 0.3) is 0 Å². The van der Waals surface area contributed by atoms with Gasteiger partial charge in [-0.2, -0.15) is 0 Å². The van der Waals surface area contributed by atoms with E-state index in [-0.39, 0.29) is 5.91 Å². The van der Waals surface area contributed by atoms with Gasteiger partial charge in [-0.05, 0) is 31.3 Å². The largest absolute Gasteiger partial charge is 0.490 e. The molecule has 0 fully saturated rings. The van der Waals surface area contributed by atoms with Crippen LogP contribution in [0.15, 0.2) is 54.9 Å². The lowest BCUT2D eigenvalue weighted by Gasteiger charge is -2.30. The first-order valence-corrected chi connectivity index (χ1v) is 8.83. The topological polar surface area (TPSA) is 50.6 Å². The van der Waals surface area contributed by atoms with E-state index in [1.54, 1.807) is 0 Å². The second kappa shape index (κ2) is 7.17. The van der Waals surface area contributed by atoms with Crippen LogP contribution >= 0.6 is 0 Å². The first-order chi connectivity index (χ1) is 12.7. The Morgan fingerprint density at radius 3 is 2.92 bits per heavy atom. The lowest BCUT2D eigenvalue weighted by atomic mass is 10.2. The van der Waals surface area contributed by atoms with Crippen molar-refractivity contribution in [2.24, 2.45) is 0 Å². The lowest BCUT2D eigenvalue weighted by molar-refractivity contribution is -0.119. The van der Waals surface area contributed by atoms with Gasteiger partial charge in [0.05, 0.1) is 36.1 Å². The highest BCUT2D eigenvalue weighted by Crippen LogP contribution is 2.30. The summed E-state index contributed by atoms with van der Waals surface area (Å²) < 4.78 is 7.75. The fourth-order valence-electron chi connectivity index (χ4n) is 3.29. The maximum absolute atomic E-state index is 12.8. The second-order valence-corrected chi connectivity index (χ2v) is 6.53. The summed E-state index contributed by atoms with van der Waals surface area (Å²) in [6.45, 7) is 3.08. The average Bonchev–Trinajstić information content (AvgIpc) is 3.09. The Hall–Kier alpha value is -2.86. The van der Waals surface area contributed by atoms with E-state index in [9.17, 15) is 4.79 Å². The fourth-order valence-corrected chi connectivity index (χ4v) is 3.29. The van der Waals surface area contributed by atoms with Gasteiger partial charge in [-0.25, -0.2) is 4.98 Å². The van der Waals surface area contributed by atoms with Gasteiger partial charge >= 0.3 is 0 Å². The summed E-state index contributed by atoms with van der Waals surface area (Å²) in [5.74, 6) is 0.873. The van der Waals surface area contributed by atoms with Gasteiger partial charge in [-0.3, -0.25) is 9.69 Å². The maximum Gasteiger partial charge on any atom is 0.241 e. The second-order valence-electron chi connectivity index (χ2n) is 6.53. The standard InChI is InChI=1S/C20H22N4O2/c1-22(10-11-23-15-21-16-6-2-3-7-17(16)23)14-20(25)24-12-13-26-19-9-5-4-8-18(19)24/h2-9,15H,10-14H2,1H3. The van der Waals surface area contributed by atoms with E-state index < -0.39 is 0 Å². The number of rotatable bonds is 5. The third-order valence-electron chi connectivity index (χ3n) is 4.68. The molecule has 1 aliphatic heterocycles. The molecule has 4 rings (SSSR count). The summed E-state index contributed by atoms with van der Waals surface area (Å²) in [5, 5.41) is 0. The highest BCUT2D eigenvalue weighted by molar-refractivity contribution is 5.96. The number of likely N-dealkylation sites (N-methyl/N-ethyl adjacent to an activating group) is 1. The molecule has 0 spiro atoms. The number of benzene rings is 2. The molecule has 1 aromatic heterocycles. The number of imidazole rings is 1. The zero-order valence-corrected chi connectivity index (χ0v) is 14.8. The van der Waals surface area contributed by atoms with E-state index in [0.717, 1.165) is 35.6 Å². The molecule has 26 heavy (non-hydrogen) atoms. The average molecular weight is 350 g/mol. The molecule has 6 nitrogen and oxygen atoms in total. The summed E-state index contributed by atoms with van der Waals surface area (Å²) in [6, 6.07) is 15.8. The third kappa shape index (κ3) is 3.28. The molecule has 0 N–H and O–H groups in total. The Morgan fingerprint density at radius 2 is 2.00 bits per heavy atom. The molecular weight excluding hydrogens is 328 g/mol. The molecule has 0 radical (unpaired) electrons. The predicted octanol–water partition coefficient (Wildman–Crippen LogP) is 2.39. The molecule has 0 unspecified atom stereocenters. The number of carbonyl (C=O) groups is 1. The minimum atomic E-state index is 0.0961. The number of anilines is 1. The monoisotopic (exact) mass is 350 g/mol. The molecule has 6 heteroatoms. The van der Waals surface area contributed by atoms with Crippen LogP contribution in [0.1, 0.15) is 0 Å². The van der Waals surface area contributed by atoms with Gasteiger partial charge < -0.3 is 14.2 Å². The number of amides is 1. The van der Waals surface area contributed by atoms with Gasteiger partial charge in [0.15, 0.2) is 0 Å². The van der Waals surface area contributed by atoms with Gasteiger partial charge in [0, 0.05) is 13.1 Å². The van der Waals surface area contributed by atoms with Crippen LogP contribution in [0.2, 0.25) is 0 Å². The Kier molecular flexibility index (Phi) is 4.58. The summed E-state index contributed by atoms with van der Waals surface area (Å²) in [4.78, 5) is 21.0. The van der Waals surface area contributed by atoms with Crippen molar-refractivity contribution < 1.29 is 9.53 Å². The molecule has 1 amide bonds. The lowest BCUT2D eigenvalue weighted by Crippen LogP contribution is -2.43. The van der Waals surface area contributed by atoms with Crippen LogP contribution in [0.5, 0.6) is 5.75 Å². The van der Waals surface area contributed by atoms with Crippen molar-refractivity contribution >= 4 is 22.6 Å². The molecule has 2 heterocycles. The Labute approximate surface area is 152 Å². The highest BCUT2D eigenvalue weighted by Gasteiger charge is 2.23. The van der Waals surface area contributed by atoms with Crippen molar-refractivity contribution in [3.63, 3.8) is 0 Å². The van der Waals surface area contributed by atoms with Gasteiger partial charge in [-0.1, -0.05) is 24.3 Å². The molecule has 0 saturated heterocycles. The number of para-hydroxylation sites is 4. The number of carbonyl (C=O) groups excluding carboxylic acids is 1. The van der Waals surface area contributed by atoms with Crippen molar-refractivity contribution in [2.45, 2.75) is 6.54 Å². The number of ether oxygens (including phenoxy) is 1.